The molecule has 0 unspecified atom stereocenters. The van der Waals surface area contributed by atoms with Crippen LogP contribution in [-0.2, 0) is 12.7 Å². The summed E-state index contributed by atoms with van der Waals surface area (Å²) in [6, 6.07) is 8.97. The van der Waals surface area contributed by atoms with Gasteiger partial charge >= 0.3 is 6.18 Å². The van der Waals surface area contributed by atoms with Gasteiger partial charge in [-0.15, -0.1) is 0 Å². The molecule has 0 atom stereocenters. The van der Waals surface area contributed by atoms with E-state index in [0.29, 0.717) is 29.1 Å². The Bertz CT molecular complexity index is 1550. The first-order valence-corrected chi connectivity index (χ1v) is 12.1. The molecule has 0 fully saturated rings. The van der Waals surface area contributed by atoms with Gasteiger partial charge in [0.15, 0.2) is 5.65 Å². The van der Waals surface area contributed by atoms with Crippen molar-refractivity contribution in [1.82, 2.24) is 29.4 Å². The number of nitrogens with one attached hydrogen (secondary N) is 1. The van der Waals surface area contributed by atoms with Gasteiger partial charge in [-0.3, -0.25) is 9.78 Å². The van der Waals surface area contributed by atoms with Gasteiger partial charge in [0.1, 0.15) is 5.69 Å². The number of likely N-dealkylation sites (N-methyl/N-ethyl adjacent to an activating group) is 2. The van der Waals surface area contributed by atoms with Crippen molar-refractivity contribution in [2.75, 3.05) is 39.5 Å². The molecule has 1 amide bonds. The molecule has 0 aliphatic carbocycles. The molecule has 0 bridgehead atoms. The number of benzene rings is 1. The lowest BCUT2D eigenvalue weighted by Gasteiger charge is -2.22. The molecular weight excluding hydrogens is 507 g/mol. The van der Waals surface area contributed by atoms with E-state index in [0.717, 1.165) is 12.6 Å². The average molecular weight is 536 g/mol. The highest BCUT2D eigenvalue weighted by atomic mass is 19.4. The van der Waals surface area contributed by atoms with Crippen molar-refractivity contribution in [3.8, 4) is 11.8 Å². The third kappa shape index (κ3) is 6.98. The molecule has 0 spiro atoms. The van der Waals surface area contributed by atoms with Crippen LogP contribution in [0.5, 0.6) is 0 Å². The third-order valence-electron chi connectivity index (χ3n) is 5.99. The topological polar surface area (TPSA) is 78.7 Å². The zero-order chi connectivity index (χ0) is 28.2. The number of fused-ring (bicyclic) bond motifs is 1. The van der Waals surface area contributed by atoms with Crippen LogP contribution in [0.3, 0.4) is 0 Å². The summed E-state index contributed by atoms with van der Waals surface area (Å²) in [6.45, 7) is 3.21. The summed E-state index contributed by atoms with van der Waals surface area (Å²) >= 11 is 0. The van der Waals surface area contributed by atoms with Gasteiger partial charge in [0, 0.05) is 43.3 Å². The van der Waals surface area contributed by atoms with Crippen LogP contribution in [0.1, 0.15) is 38.4 Å². The highest BCUT2D eigenvalue weighted by Crippen LogP contribution is 2.34. The molecule has 11 heteroatoms. The summed E-state index contributed by atoms with van der Waals surface area (Å²) in [5, 5.41) is 6.78. The highest BCUT2D eigenvalue weighted by molar-refractivity contribution is 6.04. The van der Waals surface area contributed by atoms with Gasteiger partial charge in [-0.1, -0.05) is 12.0 Å². The minimum atomic E-state index is -4.57. The maximum absolute atomic E-state index is 13.9. The predicted octanol–water partition coefficient (Wildman–Crippen LogP) is 4.10. The van der Waals surface area contributed by atoms with Crippen LogP contribution in [0.15, 0.2) is 55.0 Å². The Morgan fingerprint density at radius 1 is 1.05 bits per heavy atom. The van der Waals surface area contributed by atoms with E-state index in [1.165, 1.54) is 18.3 Å². The van der Waals surface area contributed by atoms with E-state index in [2.05, 4.69) is 32.2 Å². The number of aromatic nitrogens is 4. The Labute approximate surface area is 224 Å². The van der Waals surface area contributed by atoms with E-state index < -0.39 is 17.6 Å². The molecule has 0 saturated heterocycles. The van der Waals surface area contributed by atoms with Crippen molar-refractivity contribution >= 4 is 17.2 Å². The van der Waals surface area contributed by atoms with E-state index in [1.807, 2.05) is 23.9 Å². The summed E-state index contributed by atoms with van der Waals surface area (Å²) in [7, 11) is 5.59. The molecule has 4 rings (SSSR count). The second-order valence-electron chi connectivity index (χ2n) is 9.41. The summed E-state index contributed by atoms with van der Waals surface area (Å²) in [5.41, 5.74) is 1.87. The molecule has 4 aromatic rings. The van der Waals surface area contributed by atoms with Gasteiger partial charge in [-0.2, -0.15) is 18.3 Å². The van der Waals surface area contributed by atoms with Crippen molar-refractivity contribution in [2.45, 2.75) is 19.6 Å². The number of carbonyl (C=O) groups excluding carboxylic acids is 1. The lowest BCUT2D eigenvalue weighted by molar-refractivity contribution is -0.138. The fraction of sp³-hybridized carbons (Fsp3) is 0.286. The fourth-order valence-corrected chi connectivity index (χ4v) is 3.83. The predicted molar refractivity (Wildman–Crippen MR) is 142 cm³/mol. The van der Waals surface area contributed by atoms with Crippen molar-refractivity contribution in [3.05, 3.63) is 88.6 Å². The van der Waals surface area contributed by atoms with E-state index in [4.69, 9.17) is 0 Å². The van der Waals surface area contributed by atoms with Gasteiger partial charge < -0.3 is 15.1 Å². The summed E-state index contributed by atoms with van der Waals surface area (Å²) < 4.78 is 43.2. The first-order valence-electron chi connectivity index (χ1n) is 12.1. The van der Waals surface area contributed by atoms with Crippen LogP contribution in [0, 0.1) is 18.8 Å². The molecular formula is C28H28F3N7O. The third-order valence-corrected chi connectivity index (χ3v) is 5.99. The van der Waals surface area contributed by atoms with Crippen LogP contribution in [-0.4, -0.2) is 69.5 Å². The van der Waals surface area contributed by atoms with Crippen LogP contribution in [0.2, 0.25) is 0 Å². The Hall–Kier alpha value is -4.27. The number of aryl methyl sites for hydroxylation is 1. The van der Waals surface area contributed by atoms with E-state index in [-0.39, 0.29) is 23.4 Å². The smallest absolute Gasteiger partial charge is 0.322 e. The molecule has 0 radical (unpaired) electrons. The minimum Gasteiger partial charge on any atom is -0.322 e. The lowest BCUT2D eigenvalue weighted by Crippen LogP contribution is -2.29. The number of amides is 1. The van der Waals surface area contributed by atoms with Crippen LogP contribution < -0.4 is 5.32 Å². The zero-order valence-electron chi connectivity index (χ0n) is 22.0. The van der Waals surface area contributed by atoms with Gasteiger partial charge in [-0.05, 0) is 69.9 Å². The summed E-state index contributed by atoms with van der Waals surface area (Å²) in [6.07, 6.45) is 0.0120. The summed E-state index contributed by atoms with van der Waals surface area (Å²) in [4.78, 5) is 25.2. The quantitative estimate of drug-likeness (QED) is 0.359. The van der Waals surface area contributed by atoms with E-state index in [9.17, 15) is 18.0 Å². The highest BCUT2D eigenvalue weighted by Gasteiger charge is 2.34. The van der Waals surface area contributed by atoms with Crippen molar-refractivity contribution in [1.29, 1.82) is 0 Å². The SMILES string of the molecule is Cc1ncc(C(=O)Nc2ccc(CN(C)CCN(C)C)c(C(F)(F)F)c2)cc1C#Cc1cnc2cccnn12. The van der Waals surface area contributed by atoms with Gasteiger partial charge in [-0.25, -0.2) is 9.50 Å². The molecule has 3 aromatic heterocycles. The molecule has 1 N–H and O–H groups in total. The average Bonchev–Trinajstić information content (AvgIpc) is 3.30. The number of carbonyl (C=O) groups is 1. The number of hydrogen-bond acceptors (Lipinski definition) is 6. The number of pyridine rings is 1. The number of hydrogen-bond donors (Lipinski definition) is 1. The number of imidazole rings is 1. The summed E-state index contributed by atoms with van der Waals surface area (Å²) in [5.74, 6) is 5.38. The monoisotopic (exact) mass is 535 g/mol. The first kappa shape index (κ1) is 27.8. The Morgan fingerprint density at radius 2 is 1.85 bits per heavy atom. The van der Waals surface area contributed by atoms with Gasteiger partial charge in [0.2, 0.25) is 0 Å². The normalized spacial score (nSPS) is 11.6. The van der Waals surface area contributed by atoms with Gasteiger partial charge in [0.25, 0.3) is 5.91 Å². The van der Waals surface area contributed by atoms with Crippen molar-refractivity contribution < 1.29 is 18.0 Å². The molecule has 3 heterocycles. The van der Waals surface area contributed by atoms with E-state index >= 15 is 0 Å². The number of anilines is 1. The van der Waals surface area contributed by atoms with Crippen LogP contribution in [0.25, 0.3) is 5.65 Å². The second-order valence-corrected chi connectivity index (χ2v) is 9.41. The zero-order valence-corrected chi connectivity index (χ0v) is 22.0. The van der Waals surface area contributed by atoms with Crippen LogP contribution >= 0.6 is 0 Å². The Balaban J connectivity index is 1.54. The lowest BCUT2D eigenvalue weighted by atomic mass is 10.0. The van der Waals surface area contributed by atoms with Crippen molar-refractivity contribution in [2.24, 2.45) is 0 Å². The molecule has 0 saturated carbocycles. The maximum atomic E-state index is 13.9. The number of halogens is 3. The molecule has 1 aromatic carbocycles. The Kier molecular flexibility index (Phi) is 8.28. The largest absolute Gasteiger partial charge is 0.416 e. The van der Waals surface area contributed by atoms with Crippen LogP contribution in [0.4, 0.5) is 18.9 Å². The maximum Gasteiger partial charge on any atom is 0.416 e. The fourth-order valence-electron chi connectivity index (χ4n) is 3.83. The molecule has 202 valence electrons. The van der Waals surface area contributed by atoms with Crippen molar-refractivity contribution in [3.63, 3.8) is 0 Å². The van der Waals surface area contributed by atoms with E-state index in [1.54, 1.807) is 49.1 Å². The molecule has 0 aliphatic rings. The second kappa shape index (κ2) is 11.6. The molecule has 0 aliphatic heterocycles. The Morgan fingerprint density at radius 3 is 2.59 bits per heavy atom. The first-order chi connectivity index (χ1) is 18.5. The molecule has 8 nitrogen and oxygen atoms in total. The van der Waals surface area contributed by atoms with Gasteiger partial charge in [0.05, 0.1) is 23.0 Å². The standard InChI is InChI=1S/C28H28F3N7O/c1-19-20(8-10-24-17-33-26-6-5-11-34-38(24)26)14-22(16-32-19)27(39)35-23-9-7-21(25(15-23)28(29,30)31)18-37(4)13-12-36(2)3/h5-7,9,11,14-17H,12-13,18H2,1-4H3,(H,35,39). The molecule has 39 heavy (non-hydrogen) atoms. The minimum absolute atomic E-state index is 0.0389. The number of alkyl halides is 3. The number of rotatable bonds is 7. The number of nitrogens with zero attached hydrogens (tertiary/aromatic N) is 6.